The van der Waals surface area contributed by atoms with Gasteiger partial charge in [0.05, 0.1) is 6.26 Å². The molecule has 0 radical (unpaired) electrons. The molecule has 4 rings (SSSR count). The lowest BCUT2D eigenvalue weighted by atomic mass is 10.3. The maximum Gasteiger partial charge on any atom is 0.421 e. The summed E-state index contributed by atoms with van der Waals surface area (Å²) in [6, 6.07) is 0.378. The van der Waals surface area contributed by atoms with Crippen molar-refractivity contribution in [2.24, 2.45) is 0 Å². The number of carbonyl (C=O) groups excluding carboxylic acids is 1. The molecule has 2 aromatic heterocycles. The highest BCUT2D eigenvalue weighted by Crippen LogP contribution is 2.34. The van der Waals surface area contributed by atoms with E-state index in [0.717, 1.165) is 26.2 Å². The van der Waals surface area contributed by atoms with E-state index in [4.69, 9.17) is 9.15 Å². The molecule has 37 heavy (non-hydrogen) atoms. The fraction of sp³-hybridized carbons (Fsp3) is 0.478. The number of likely N-dealkylation sites (tertiary alicyclic amines) is 1. The quantitative estimate of drug-likeness (QED) is 0.420. The molecule has 11 nitrogen and oxygen atoms in total. The lowest BCUT2D eigenvalue weighted by Gasteiger charge is -2.19. The fourth-order valence-electron chi connectivity index (χ4n) is 3.84. The second kappa shape index (κ2) is 12.0. The summed E-state index contributed by atoms with van der Waals surface area (Å²) < 4.78 is 50.9. The number of cyclic esters (lactones) is 1. The van der Waals surface area contributed by atoms with Crippen molar-refractivity contribution in [3.8, 4) is 0 Å². The Morgan fingerprint density at radius 1 is 1.16 bits per heavy atom. The summed E-state index contributed by atoms with van der Waals surface area (Å²) in [6.45, 7) is 4.17. The monoisotopic (exact) mass is 522 g/mol. The van der Waals surface area contributed by atoms with Crippen LogP contribution in [-0.2, 0) is 10.9 Å². The zero-order valence-corrected chi connectivity index (χ0v) is 20.4. The molecule has 14 heteroatoms. The lowest BCUT2D eigenvalue weighted by Crippen LogP contribution is -2.31. The lowest BCUT2D eigenvalue weighted by molar-refractivity contribution is -0.137. The van der Waals surface area contributed by atoms with Crippen molar-refractivity contribution in [3.05, 3.63) is 42.6 Å². The first-order valence-electron chi connectivity index (χ1n) is 11.9. The molecule has 4 heterocycles. The van der Waals surface area contributed by atoms with E-state index in [-0.39, 0.29) is 30.7 Å². The zero-order chi connectivity index (χ0) is 26.3. The number of halogens is 3. The number of oxazole rings is 1. The molecule has 2 aliphatic rings. The van der Waals surface area contributed by atoms with Crippen LogP contribution >= 0.6 is 0 Å². The molecular formula is C23H29F3N8O3. The molecule has 0 unspecified atom stereocenters. The van der Waals surface area contributed by atoms with E-state index in [1.165, 1.54) is 36.5 Å². The Morgan fingerprint density at radius 2 is 1.97 bits per heavy atom. The molecule has 0 aliphatic carbocycles. The topological polar surface area (TPSA) is 112 Å². The number of allylic oxidation sites excluding steroid dienone is 2. The molecule has 0 bridgehead atoms. The van der Waals surface area contributed by atoms with Gasteiger partial charge >= 0.3 is 12.3 Å². The summed E-state index contributed by atoms with van der Waals surface area (Å²) >= 11 is 0. The second-order valence-corrected chi connectivity index (χ2v) is 8.59. The highest BCUT2D eigenvalue weighted by atomic mass is 19.4. The summed E-state index contributed by atoms with van der Waals surface area (Å²) in [4.78, 5) is 29.5. The molecule has 0 atom stereocenters. The van der Waals surface area contributed by atoms with Gasteiger partial charge < -0.3 is 29.6 Å². The molecule has 2 aliphatic heterocycles. The number of aromatic nitrogens is 3. The predicted molar refractivity (Wildman–Crippen MR) is 130 cm³/mol. The van der Waals surface area contributed by atoms with Crippen LogP contribution in [-0.4, -0.2) is 77.2 Å². The van der Waals surface area contributed by atoms with Crippen LogP contribution in [0.15, 0.2) is 41.5 Å². The van der Waals surface area contributed by atoms with Gasteiger partial charge in [-0.3, -0.25) is 4.90 Å². The van der Waals surface area contributed by atoms with E-state index in [9.17, 15) is 18.0 Å². The third-order valence-electron chi connectivity index (χ3n) is 5.83. The Labute approximate surface area is 212 Å². The number of amides is 1. The normalized spacial score (nSPS) is 16.1. The third-order valence-corrected chi connectivity index (χ3v) is 5.83. The summed E-state index contributed by atoms with van der Waals surface area (Å²) in [6.07, 6.45) is 5.61. The third kappa shape index (κ3) is 7.35. The van der Waals surface area contributed by atoms with Crippen molar-refractivity contribution in [1.29, 1.82) is 0 Å². The fourth-order valence-corrected chi connectivity index (χ4v) is 3.84. The van der Waals surface area contributed by atoms with Gasteiger partial charge in [-0.05, 0) is 44.5 Å². The van der Waals surface area contributed by atoms with E-state index < -0.39 is 17.8 Å². The predicted octanol–water partition coefficient (Wildman–Crippen LogP) is 4.04. The van der Waals surface area contributed by atoms with Crippen LogP contribution in [0, 0.1) is 0 Å². The molecule has 2 aromatic rings. The smallest absolute Gasteiger partial charge is 0.421 e. The number of hydrogen-bond donors (Lipinski definition) is 2. The largest absolute Gasteiger partial charge is 0.430 e. The average Bonchev–Trinajstić information content (AvgIpc) is 3.51. The van der Waals surface area contributed by atoms with E-state index in [1.54, 1.807) is 12.2 Å². The van der Waals surface area contributed by atoms with E-state index in [2.05, 4.69) is 30.5 Å². The van der Waals surface area contributed by atoms with Crippen molar-refractivity contribution < 1.29 is 27.1 Å². The Balaban J connectivity index is 1.35. The second-order valence-electron chi connectivity index (χ2n) is 8.59. The van der Waals surface area contributed by atoms with Crippen LogP contribution < -0.4 is 15.5 Å². The van der Waals surface area contributed by atoms with Crippen LogP contribution in [0.1, 0.15) is 24.8 Å². The molecule has 0 saturated carbocycles. The van der Waals surface area contributed by atoms with Gasteiger partial charge in [-0.2, -0.15) is 23.1 Å². The van der Waals surface area contributed by atoms with Crippen LogP contribution in [0.3, 0.4) is 0 Å². The number of rotatable bonds is 11. The van der Waals surface area contributed by atoms with Crippen LogP contribution in [0.25, 0.3) is 0 Å². The minimum atomic E-state index is -4.65. The Hall–Kier alpha value is -3.81. The number of alkyl halides is 3. The van der Waals surface area contributed by atoms with Crippen LogP contribution in [0.2, 0.25) is 0 Å². The van der Waals surface area contributed by atoms with E-state index >= 15 is 0 Å². The van der Waals surface area contributed by atoms with Gasteiger partial charge in [-0.15, -0.1) is 0 Å². The number of likely N-dealkylation sites (N-methyl/N-ethyl adjacent to an activating group) is 1. The zero-order valence-electron chi connectivity index (χ0n) is 20.4. The van der Waals surface area contributed by atoms with Gasteiger partial charge in [0.25, 0.3) is 6.01 Å². The Bertz CT molecular complexity index is 1110. The molecule has 1 saturated heterocycles. The highest BCUT2D eigenvalue weighted by Gasteiger charge is 2.35. The van der Waals surface area contributed by atoms with E-state index in [0.29, 0.717) is 18.6 Å². The van der Waals surface area contributed by atoms with Crippen LogP contribution in [0.4, 0.5) is 41.6 Å². The van der Waals surface area contributed by atoms with Crippen molar-refractivity contribution in [2.75, 3.05) is 61.8 Å². The number of carbonyl (C=O) groups is 1. The molecule has 1 amide bonds. The first-order valence-corrected chi connectivity index (χ1v) is 11.9. The molecular weight excluding hydrogens is 493 g/mol. The SMILES string of the molecule is CN(CCN1CCCC1)c1nc(Nc2ncc(C(F)(F)F)c(NCCCN3C=CC=COC3=O)n2)co1. The maximum absolute atomic E-state index is 13.5. The number of anilines is 4. The minimum Gasteiger partial charge on any atom is -0.430 e. The first kappa shape index (κ1) is 26.3. The molecule has 1 fully saturated rings. The molecule has 200 valence electrons. The number of hydrogen-bond acceptors (Lipinski definition) is 10. The minimum absolute atomic E-state index is 0.0693. The van der Waals surface area contributed by atoms with E-state index in [1.807, 2.05) is 11.9 Å². The number of nitrogens with zero attached hydrogens (tertiary/aromatic N) is 6. The maximum atomic E-state index is 13.5. The first-order chi connectivity index (χ1) is 17.8. The molecule has 2 N–H and O–H groups in total. The molecule has 0 spiro atoms. The van der Waals surface area contributed by atoms with Crippen LogP contribution in [0.5, 0.6) is 0 Å². The summed E-state index contributed by atoms with van der Waals surface area (Å²) in [5.74, 6) is -0.180. The van der Waals surface area contributed by atoms with Crippen molar-refractivity contribution in [1.82, 2.24) is 24.8 Å². The Morgan fingerprint density at radius 3 is 2.76 bits per heavy atom. The summed E-state index contributed by atoms with van der Waals surface area (Å²) in [5.41, 5.74) is -1.00. The van der Waals surface area contributed by atoms with Gasteiger partial charge in [-0.25, -0.2) is 9.78 Å². The summed E-state index contributed by atoms with van der Waals surface area (Å²) in [5, 5.41) is 5.49. The van der Waals surface area contributed by atoms with Gasteiger partial charge in [0, 0.05) is 45.6 Å². The van der Waals surface area contributed by atoms with Crippen molar-refractivity contribution in [3.63, 3.8) is 0 Å². The van der Waals surface area contributed by atoms with Gasteiger partial charge in [0.2, 0.25) is 5.95 Å². The highest BCUT2D eigenvalue weighted by molar-refractivity contribution is 5.70. The standard InChI is InChI=1S/C23H29F3N8O3/c1-32(12-13-33-8-2-3-9-33)21-30-18(16-37-21)29-20-28-15-17(23(24,25)26)19(31-20)27-7-6-11-34-10-4-5-14-36-22(34)35/h4-5,10,14-16H,2-3,6-9,11-13H2,1H3,(H2,27,28,29,31). The summed E-state index contributed by atoms with van der Waals surface area (Å²) in [7, 11) is 1.86. The Kier molecular flexibility index (Phi) is 8.48. The number of ether oxygens (including phenoxy) is 1. The van der Waals surface area contributed by atoms with Crippen molar-refractivity contribution >= 4 is 29.7 Å². The van der Waals surface area contributed by atoms with Gasteiger partial charge in [0.1, 0.15) is 17.6 Å². The van der Waals surface area contributed by atoms with Gasteiger partial charge in [-0.1, -0.05) is 0 Å². The van der Waals surface area contributed by atoms with Gasteiger partial charge in [0.15, 0.2) is 5.82 Å². The number of nitrogens with one attached hydrogen (secondary N) is 2. The molecule has 0 aromatic carbocycles. The van der Waals surface area contributed by atoms with Crippen molar-refractivity contribution in [2.45, 2.75) is 25.4 Å². The average molecular weight is 523 g/mol.